The third-order valence-electron chi connectivity index (χ3n) is 14.2. The molecule has 0 saturated carbocycles. The highest BCUT2D eigenvalue weighted by Crippen LogP contribution is 2.38. The second-order valence-corrected chi connectivity index (χ2v) is 21.9. The van der Waals surface area contributed by atoms with E-state index in [0.717, 1.165) is 122 Å². The van der Waals surface area contributed by atoms with E-state index in [1.807, 2.05) is 36.4 Å². The highest BCUT2D eigenvalue weighted by atomic mass is 32.2. The van der Waals surface area contributed by atoms with E-state index in [0.29, 0.717) is 33.2 Å². The molecule has 0 aliphatic carbocycles. The van der Waals surface area contributed by atoms with E-state index in [4.69, 9.17) is 9.47 Å². The van der Waals surface area contributed by atoms with Crippen LogP contribution in [0.4, 0.5) is 11.4 Å². The molecule has 4 aromatic carbocycles. The van der Waals surface area contributed by atoms with Gasteiger partial charge in [0.05, 0.1) is 21.2 Å². The van der Waals surface area contributed by atoms with Crippen molar-refractivity contribution in [2.45, 2.75) is 99.9 Å². The molecule has 2 saturated heterocycles. The van der Waals surface area contributed by atoms with Crippen molar-refractivity contribution in [2.24, 2.45) is 0 Å². The molecule has 0 spiro atoms. The quantitative estimate of drug-likeness (QED) is 0.112. The van der Waals surface area contributed by atoms with Crippen LogP contribution in [-0.4, -0.2) is 101 Å². The Kier molecular flexibility index (Phi) is 13.8. The first-order chi connectivity index (χ1) is 32.0. The number of hydrogen-bond acceptors (Lipinski definition) is 8. The zero-order valence-electron chi connectivity index (χ0n) is 38.6. The van der Waals surface area contributed by atoms with Crippen LogP contribution in [0.5, 0.6) is 0 Å². The zero-order valence-corrected chi connectivity index (χ0v) is 40.3. The van der Waals surface area contributed by atoms with E-state index in [1.165, 1.54) is 42.0 Å². The molecule has 2 fully saturated rings. The molecule has 350 valence electrons. The highest BCUT2D eigenvalue weighted by molar-refractivity contribution is 7.93. The molecule has 6 aromatic rings. The zero-order chi connectivity index (χ0) is 46.0. The van der Waals surface area contributed by atoms with Gasteiger partial charge >= 0.3 is 0 Å². The summed E-state index contributed by atoms with van der Waals surface area (Å²) in [5, 5.41) is 2.32. The predicted octanol–water partition coefficient (Wildman–Crippen LogP) is 8.60. The van der Waals surface area contributed by atoms with Gasteiger partial charge in [-0.25, -0.2) is 16.8 Å². The number of ether oxygens (including phenoxy) is 2. The fourth-order valence-corrected chi connectivity index (χ4v) is 13.0. The second kappa shape index (κ2) is 19.7. The first kappa shape index (κ1) is 46.2. The van der Waals surface area contributed by atoms with Crippen LogP contribution in [0.3, 0.4) is 0 Å². The van der Waals surface area contributed by atoms with E-state index in [9.17, 15) is 16.8 Å². The van der Waals surface area contributed by atoms with Crippen molar-refractivity contribution in [3.8, 4) is 0 Å². The van der Waals surface area contributed by atoms with Gasteiger partial charge in [0.25, 0.3) is 20.0 Å². The molecular formula is C52H64N6O6S2. The number of hydrogen-bond donors (Lipinski definition) is 0. The maximum absolute atomic E-state index is 13.2. The van der Waals surface area contributed by atoms with Gasteiger partial charge in [-0.05, 0) is 104 Å². The SMILES string of the molecule is C=CCn1c2c(c3cc(N(C)S(=O)(=O)c4ccccc4)ccc31)CN(C1CCOCC1)CC2.CCCn1c2c(c3cc(N(C)S(=O)(=O)c4ccccc4)ccc31)CN(C1CCOCC1)CC2. The molecule has 14 heteroatoms. The van der Waals surface area contributed by atoms with E-state index >= 15 is 0 Å². The summed E-state index contributed by atoms with van der Waals surface area (Å²) in [6.45, 7) is 15.2. The van der Waals surface area contributed by atoms with E-state index in [-0.39, 0.29) is 0 Å². The lowest BCUT2D eigenvalue weighted by Gasteiger charge is -2.37. The number of anilines is 2. The minimum atomic E-state index is -3.63. The molecule has 0 bridgehead atoms. The summed E-state index contributed by atoms with van der Waals surface area (Å²) in [6.07, 6.45) is 9.36. The Bertz CT molecular complexity index is 2890. The van der Waals surface area contributed by atoms with Crippen LogP contribution in [0.25, 0.3) is 21.8 Å². The third-order valence-corrected chi connectivity index (χ3v) is 17.8. The van der Waals surface area contributed by atoms with Crippen molar-refractivity contribution in [1.29, 1.82) is 0 Å². The summed E-state index contributed by atoms with van der Waals surface area (Å²) >= 11 is 0. The van der Waals surface area contributed by atoms with Crippen molar-refractivity contribution in [3.63, 3.8) is 0 Å². The van der Waals surface area contributed by atoms with Gasteiger partial charge in [-0.15, -0.1) is 6.58 Å². The maximum Gasteiger partial charge on any atom is 0.264 e. The summed E-state index contributed by atoms with van der Waals surface area (Å²) in [7, 11) is -3.96. The smallest absolute Gasteiger partial charge is 0.264 e. The Hall–Kier alpha value is -4.96. The lowest BCUT2D eigenvalue weighted by atomic mass is 9.99. The van der Waals surface area contributed by atoms with Crippen molar-refractivity contribution in [3.05, 3.63) is 132 Å². The lowest BCUT2D eigenvalue weighted by molar-refractivity contribution is 0.0288. The molecule has 0 atom stereocenters. The van der Waals surface area contributed by atoms with Gasteiger partial charge < -0.3 is 18.6 Å². The third kappa shape index (κ3) is 8.95. The topological polar surface area (TPSA) is 110 Å². The number of sulfonamides is 2. The summed E-state index contributed by atoms with van der Waals surface area (Å²) in [6, 6.07) is 30.5. The molecule has 0 N–H and O–H groups in total. The molecule has 0 amide bonds. The molecule has 12 nitrogen and oxygen atoms in total. The van der Waals surface area contributed by atoms with Gasteiger partial charge in [0.15, 0.2) is 0 Å². The molecule has 6 heterocycles. The van der Waals surface area contributed by atoms with Gasteiger partial charge in [-0.3, -0.25) is 18.4 Å². The van der Waals surface area contributed by atoms with Crippen molar-refractivity contribution in [1.82, 2.24) is 18.9 Å². The maximum atomic E-state index is 13.2. The van der Waals surface area contributed by atoms with E-state index in [2.05, 4.69) is 50.6 Å². The second-order valence-electron chi connectivity index (χ2n) is 18.0. The van der Waals surface area contributed by atoms with Crippen LogP contribution in [0.2, 0.25) is 0 Å². The minimum Gasteiger partial charge on any atom is -0.381 e. The Morgan fingerprint density at radius 1 is 0.621 bits per heavy atom. The summed E-state index contributed by atoms with van der Waals surface area (Å²) in [5.41, 5.74) is 9.17. The van der Waals surface area contributed by atoms with Gasteiger partial charge in [-0.2, -0.15) is 0 Å². The van der Waals surface area contributed by atoms with E-state index in [1.54, 1.807) is 62.6 Å². The highest BCUT2D eigenvalue weighted by Gasteiger charge is 2.32. The number of aryl methyl sites for hydroxylation is 1. The number of allylic oxidation sites excluding steroid dienone is 1. The molecule has 0 radical (unpaired) electrons. The molecular weight excluding hydrogens is 869 g/mol. The molecule has 2 aromatic heterocycles. The Balaban J connectivity index is 0.000000166. The molecule has 4 aliphatic rings. The Labute approximate surface area is 391 Å². The average molecular weight is 933 g/mol. The monoisotopic (exact) mass is 932 g/mol. The van der Waals surface area contributed by atoms with Crippen LogP contribution >= 0.6 is 0 Å². The minimum absolute atomic E-state index is 0.296. The summed E-state index contributed by atoms with van der Waals surface area (Å²) in [5.74, 6) is 0. The van der Waals surface area contributed by atoms with Gasteiger partial charge in [-0.1, -0.05) is 49.4 Å². The van der Waals surface area contributed by atoms with Gasteiger partial charge in [0, 0.05) is 138 Å². The normalized spacial score (nSPS) is 17.8. The number of fused-ring (bicyclic) bond motifs is 6. The Morgan fingerprint density at radius 3 is 1.47 bits per heavy atom. The van der Waals surface area contributed by atoms with Gasteiger partial charge in [0.2, 0.25) is 0 Å². The summed E-state index contributed by atoms with van der Waals surface area (Å²) < 4.78 is 71.6. The number of rotatable bonds is 12. The van der Waals surface area contributed by atoms with Crippen molar-refractivity contribution in [2.75, 3.05) is 62.2 Å². The average Bonchev–Trinajstić information content (AvgIpc) is 3.84. The standard InChI is InChI=1S/C26H33N3O3S.C26H31N3O3S/c2*1-3-14-29-25-10-9-21(27(2)33(30,31)22-7-5-4-6-8-22)18-23(25)24-19-28(15-11-26(24)29)20-12-16-32-17-13-20/h4-10,18,20H,3,11-17,19H2,1-2H3;3-10,18,20H,1,11-17,19H2,2H3. The molecule has 0 unspecified atom stereocenters. The number of nitrogens with zero attached hydrogens (tertiary/aromatic N) is 6. The van der Waals surface area contributed by atoms with Crippen LogP contribution in [0.1, 0.15) is 61.5 Å². The molecule has 10 rings (SSSR count). The number of aromatic nitrogens is 2. The number of benzene rings is 4. The van der Waals surface area contributed by atoms with Crippen molar-refractivity contribution >= 4 is 53.2 Å². The van der Waals surface area contributed by atoms with Crippen LogP contribution in [0, 0.1) is 0 Å². The fraction of sp³-hybridized carbons (Fsp3) is 0.423. The van der Waals surface area contributed by atoms with Crippen LogP contribution in [-0.2, 0) is 68.5 Å². The first-order valence-electron chi connectivity index (χ1n) is 23.6. The van der Waals surface area contributed by atoms with Gasteiger partial charge in [0.1, 0.15) is 0 Å². The lowest BCUT2D eigenvalue weighted by Crippen LogP contribution is -2.42. The fourth-order valence-electron chi connectivity index (χ4n) is 10.6. The first-order valence-corrected chi connectivity index (χ1v) is 26.5. The molecule has 4 aliphatic heterocycles. The largest absolute Gasteiger partial charge is 0.381 e. The predicted molar refractivity (Wildman–Crippen MR) is 264 cm³/mol. The summed E-state index contributed by atoms with van der Waals surface area (Å²) in [4.78, 5) is 5.80. The Morgan fingerprint density at radius 2 is 1.05 bits per heavy atom. The molecule has 66 heavy (non-hydrogen) atoms. The van der Waals surface area contributed by atoms with Crippen LogP contribution < -0.4 is 8.61 Å². The van der Waals surface area contributed by atoms with Crippen molar-refractivity contribution < 1.29 is 26.3 Å². The van der Waals surface area contributed by atoms with E-state index < -0.39 is 20.0 Å². The van der Waals surface area contributed by atoms with Crippen LogP contribution in [0.15, 0.2) is 120 Å².